The quantitative estimate of drug-likeness (QED) is 0.719. The van der Waals surface area contributed by atoms with E-state index < -0.39 is 22.0 Å². The molecule has 0 spiro atoms. The second-order valence-electron chi connectivity index (χ2n) is 6.14. The minimum atomic E-state index is -3.80. The van der Waals surface area contributed by atoms with Gasteiger partial charge in [0.2, 0.25) is 10.0 Å². The first-order valence-electron chi connectivity index (χ1n) is 8.16. The van der Waals surface area contributed by atoms with Crippen LogP contribution in [-0.2, 0) is 26.2 Å². The van der Waals surface area contributed by atoms with Crippen LogP contribution >= 0.6 is 11.6 Å². The van der Waals surface area contributed by atoms with Crippen molar-refractivity contribution in [1.29, 1.82) is 0 Å². The molecule has 0 unspecified atom stereocenters. The number of hydrogen-bond donors (Lipinski definition) is 0. The third-order valence-corrected chi connectivity index (χ3v) is 6.61. The van der Waals surface area contributed by atoms with E-state index in [-0.39, 0.29) is 18.0 Å². The standard InChI is InChI=1S/C17H19ClN2O5S/c1-11-15(12(2)25-19-11)10-24-17(21)16-4-3-9-20(16)26(22,23)14-7-5-13(18)6-8-14/h5-8,16H,3-4,9-10H2,1-2H3/t16-/m0/s1. The lowest BCUT2D eigenvalue weighted by atomic mass is 10.2. The summed E-state index contributed by atoms with van der Waals surface area (Å²) in [7, 11) is -3.80. The first-order valence-corrected chi connectivity index (χ1v) is 9.98. The highest BCUT2D eigenvalue weighted by molar-refractivity contribution is 7.89. The van der Waals surface area contributed by atoms with Gasteiger partial charge in [0.15, 0.2) is 0 Å². The van der Waals surface area contributed by atoms with E-state index in [4.69, 9.17) is 20.9 Å². The van der Waals surface area contributed by atoms with E-state index in [9.17, 15) is 13.2 Å². The van der Waals surface area contributed by atoms with E-state index in [1.54, 1.807) is 13.8 Å². The van der Waals surface area contributed by atoms with E-state index >= 15 is 0 Å². The van der Waals surface area contributed by atoms with Crippen LogP contribution in [0.4, 0.5) is 0 Å². The van der Waals surface area contributed by atoms with Gasteiger partial charge in [-0.05, 0) is 51.0 Å². The molecule has 2 heterocycles. The Morgan fingerprint density at radius 2 is 2.04 bits per heavy atom. The molecule has 0 N–H and O–H groups in total. The highest BCUT2D eigenvalue weighted by atomic mass is 35.5. The Morgan fingerprint density at radius 3 is 2.65 bits per heavy atom. The number of aryl methyl sites for hydroxylation is 2. The van der Waals surface area contributed by atoms with Crippen molar-refractivity contribution in [3.05, 3.63) is 46.3 Å². The molecule has 0 aliphatic carbocycles. The fourth-order valence-corrected chi connectivity index (χ4v) is 4.73. The van der Waals surface area contributed by atoms with Gasteiger partial charge in [0.1, 0.15) is 18.4 Å². The maximum atomic E-state index is 12.9. The maximum absolute atomic E-state index is 12.9. The molecule has 140 valence electrons. The molecule has 0 bridgehead atoms. The topological polar surface area (TPSA) is 89.7 Å². The van der Waals surface area contributed by atoms with Crippen LogP contribution in [0.2, 0.25) is 5.02 Å². The molecule has 1 aromatic heterocycles. The third kappa shape index (κ3) is 3.62. The highest BCUT2D eigenvalue weighted by Gasteiger charge is 2.40. The molecule has 1 aliphatic rings. The van der Waals surface area contributed by atoms with Crippen LogP contribution in [0.1, 0.15) is 29.9 Å². The lowest BCUT2D eigenvalue weighted by Crippen LogP contribution is -2.41. The van der Waals surface area contributed by atoms with Gasteiger partial charge < -0.3 is 9.26 Å². The van der Waals surface area contributed by atoms with Crippen LogP contribution in [0.15, 0.2) is 33.7 Å². The minimum absolute atomic E-state index is 0.00529. The van der Waals surface area contributed by atoms with Gasteiger partial charge in [-0.1, -0.05) is 16.8 Å². The van der Waals surface area contributed by atoms with Crippen molar-refractivity contribution in [2.24, 2.45) is 0 Å². The third-order valence-electron chi connectivity index (χ3n) is 4.44. The number of carbonyl (C=O) groups is 1. The molecular formula is C17H19ClN2O5S. The molecule has 1 fully saturated rings. The minimum Gasteiger partial charge on any atom is -0.459 e. The molecule has 0 radical (unpaired) electrons. The zero-order valence-corrected chi connectivity index (χ0v) is 16.0. The number of ether oxygens (including phenoxy) is 1. The van der Waals surface area contributed by atoms with Crippen molar-refractivity contribution >= 4 is 27.6 Å². The molecule has 1 aromatic carbocycles. The average molecular weight is 399 g/mol. The molecule has 2 aromatic rings. The summed E-state index contributed by atoms with van der Waals surface area (Å²) in [6, 6.07) is 5.05. The fraction of sp³-hybridized carbons (Fsp3) is 0.412. The van der Waals surface area contributed by atoms with Crippen molar-refractivity contribution in [3.8, 4) is 0 Å². The summed E-state index contributed by atoms with van der Waals surface area (Å²) in [5.41, 5.74) is 1.34. The summed E-state index contributed by atoms with van der Waals surface area (Å²) in [4.78, 5) is 12.6. The molecule has 1 saturated heterocycles. The van der Waals surface area contributed by atoms with Gasteiger partial charge in [0.05, 0.1) is 16.2 Å². The summed E-state index contributed by atoms with van der Waals surface area (Å²) < 4.78 is 37.3. The van der Waals surface area contributed by atoms with Gasteiger partial charge in [-0.15, -0.1) is 0 Å². The van der Waals surface area contributed by atoms with Gasteiger partial charge in [-0.25, -0.2) is 8.42 Å². The lowest BCUT2D eigenvalue weighted by Gasteiger charge is -2.22. The number of sulfonamides is 1. The van der Waals surface area contributed by atoms with Gasteiger partial charge >= 0.3 is 5.97 Å². The van der Waals surface area contributed by atoms with Crippen LogP contribution in [-0.4, -0.2) is 36.4 Å². The Bertz CT molecular complexity index is 888. The monoisotopic (exact) mass is 398 g/mol. The smallest absolute Gasteiger partial charge is 0.324 e. The van der Waals surface area contributed by atoms with E-state index in [2.05, 4.69) is 5.16 Å². The van der Waals surface area contributed by atoms with Crippen LogP contribution in [0.5, 0.6) is 0 Å². The van der Waals surface area contributed by atoms with Gasteiger partial charge in [-0.2, -0.15) is 4.31 Å². The Kier molecular flexibility index (Phi) is 5.36. The molecule has 0 amide bonds. The molecule has 7 nitrogen and oxygen atoms in total. The van der Waals surface area contributed by atoms with E-state index in [0.717, 1.165) is 0 Å². The summed E-state index contributed by atoms with van der Waals surface area (Å²) in [5, 5.41) is 4.25. The molecule has 3 rings (SSSR count). The number of nitrogens with zero attached hydrogens (tertiary/aromatic N) is 2. The Hall–Kier alpha value is -1.90. The zero-order chi connectivity index (χ0) is 18.9. The summed E-state index contributed by atoms with van der Waals surface area (Å²) in [6.45, 7) is 3.77. The second kappa shape index (κ2) is 7.38. The number of benzene rings is 1. The van der Waals surface area contributed by atoms with Gasteiger partial charge in [-0.3, -0.25) is 4.79 Å². The van der Waals surface area contributed by atoms with Crippen molar-refractivity contribution in [2.75, 3.05) is 6.54 Å². The SMILES string of the molecule is Cc1noc(C)c1COC(=O)[C@@H]1CCCN1S(=O)(=O)c1ccc(Cl)cc1. The summed E-state index contributed by atoms with van der Waals surface area (Å²) in [5.74, 6) is 0.00685. The normalized spacial score (nSPS) is 18.2. The molecule has 26 heavy (non-hydrogen) atoms. The van der Waals surface area contributed by atoms with Crippen molar-refractivity contribution in [1.82, 2.24) is 9.46 Å². The number of rotatable bonds is 5. The lowest BCUT2D eigenvalue weighted by molar-refractivity contribution is -0.148. The van der Waals surface area contributed by atoms with Crippen molar-refractivity contribution in [3.63, 3.8) is 0 Å². The van der Waals surface area contributed by atoms with Crippen molar-refractivity contribution < 1.29 is 22.5 Å². The predicted molar refractivity (Wildman–Crippen MR) is 94.1 cm³/mol. The van der Waals surface area contributed by atoms with E-state index in [1.165, 1.54) is 28.6 Å². The van der Waals surface area contributed by atoms with Crippen LogP contribution in [0.25, 0.3) is 0 Å². The first-order chi connectivity index (χ1) is 12.3. The number of carbonyl (C=O) groups excluding carboxylic acids is 1. The number of aromatic nitrogens is 1. The number of hydrogen-bond acceptors (Lipinski definition) is 6. The predicted octanol–water partition coefficient (Wildman–Crippen LogP) is 2.84. The van der Waals surface area contributed by atoms with Gasteiger partial charge in [0.25, 0.3) is 0 Å². The van der Waals surface area contributed by atoms with Crippen molar-refractivity contribution in [2.45, 2.75) is 44.2 Å². The Balaban J connectivity index is 1.75. The average Bonchev–Trinajstić information content (AvgIpc) is 3.21. The molecule has 1 atom stereocenters. The van der Waals surface area contributed by atoms with Crippen LogP contribution in [0, 0.1) is 13.8 Å². The molecule has 0 saturated carbocycles. The Morgan fingerprint density at radius 1 is 1.35 bits per heavy atom. The summed E-state index contributed by atoms with van der Waals surface area (Å²) in [6.07, 6.45) is 1.02. The molecular weight excluding hydrogens is 380 g/mol. The van der Waals surface area contributed by atoms with Gasteiger partial charge in [0, 0.05) is 11.6 Å². The first kappa shape index (κ1) is 18.9. The second-order valence-corrected chi connectivity index (χ2v) is 8.47. The molecule has 9 heteroatoms. The maximum Gasteiger partial charge on any atom is 0.324 e. The zero-order valence-electron chi connectivity index (χ0n) is 14.4. The van der Waals surface area contributed by atoms with E-state index in [0.29, 0.717) is 34.9 Å². The highest BCUT2D eigenvalue weighted by Crippen LogP contribution is 2.28. The molecule has 1 aliphatic heterocycles. The number of esters is 1. The summed E-state index contributed by atoms with van der Waals surface area (Å²) >= 11 is 5.82. The Labute approximate surface area is 156 Å². The fourth-order valence-electron chi connectivity index (χ4n) is 2.95. The van der Waals surface area contributed by atoms with Crippen LogP contribution in [0.3, 0.4) is 0 Å². The van der Waals surface area contributed by atoms with E-state index in [1.807, 2.05) is 0 Å². The van der Waals surface area contributed by atoms with Crippen LogP contribution < -0.4 is 0 Å². The number of halogens is 1. The largest absolute Gasteiger partial charge is 0.459 e.